The Labute approximate surface area is 133 Å². The second-order valence-corrected chi connectivity index (χ2v) is 5.72. The summed E-state index contributed by atoms with van der Waals surface area (Å²) in [5.41, 5.74) is 1.52. The van der Waals surface area contributed by atoms with Gasteiger partial charge < -0.3 is 4.57 Å². The highest BCUT2D eigenvalue weighted by atomic mass is 79.9. The number of fused-ring (bicyclic) bond motifs is 1. The first-order chi connectivity index (χ1) is 10.1. The first kappa shape index (κ1) is 14.5. The number of benzene rings is 2. The predicted molar refractivity (Wildman–Crippen MR) is 82.5 cm³/mol. The predicted octanol–water partition coefficient (Wildman–Crippen LogP) is 4.86. The molecule has 0 saturated carbocycles. The number of alkyl halides is 1. The van der Waals surface area contributed by atoms with Gasteiger partial charge in [0.05, 0.1) is 17.9 Å². The molecule has 0 N–H and O–H groups in total. The van der Waals surface area contributed by atoms with Crippen LogP contribution < -0.4 is 0 Å². The van der Waals surface area contributed by atoms with Gasteiger partial charge >= 0.3 is 0 Å². The number of imidazole rings is 1. The lowest BCUT2D eigenvalue weighted by atomic mass is 10.2. The van der Waals surface area contributed by atoms with Crippen molar-refractivity contribution in [3.8, 4) is 0 Å². The highest BCUT2D eigenvalue weighted by Gasteiger charge is 2.15. The second-order valence-electron chi connectivity index (χ2n) is 4.59. The lowest BCUT2D eigenvalue weighted by Crippen LogP contribution is -2.04. The van der Waals surface area contributed by atoms with Gasteiger partial charge in [-0.15, -0.1) is 11.6 Å². The third kappa shape index (κ3) is 2.68. The smallest absolute Gasteiger partial charge is 0.153 e. The number of aromatic nitrogens is 2. The Hall–Kier alpha value is -1.46. The summed E-state index contributed by atoms with van der Waals surface area (Å²) in [4.78, 5) is 4.17. The van der Waals surface area contributed by atoms with Gasteiger partial charge in [0.1, 0.15) is 17.2 Å². The highest BCUT2D eigenvalue weighted by molar-refractivity contribution is 9.10. The van der Waals surface area contributed by atoms with E-state index in [1.807, 2.05) is 24.3 Å². The summed E-state index contributed by atoms with van der Waals surface area (Å²) < 4.78 is 30.0. The summed E-state index contributed by atoms with van der Waals surface area (Å²) in [7, 11) is 0. The molecular weight excluding hydrogens is 362 g/mol. The van der Waals surface area contributed by atoms with Crippen molar-refractivity contribution in [1.29, 1.82) is 0 Å². The topological polar surface area (TPSA) is 17.8 Å². The molecule has 108 valence electrons. The molecule has 3 aromatic rings. The van der Waals surface area contributed by atoms with Gasteiger partial charge in [-0.1, -0.05) is 34.1 Å². The molecule has 2 aromatic carbocycles. The minimum Gasteiger partial charge on any atom is -0.322 e. The molecular formula is C15H10BrClF2N2. The third-order valence-electron chi connectivity index (χ3n) is 3.26. The molecule has 3 rings (SSSR count). The largest absolute Gasteiger partial charge is 0.322 e. The summed E-state index contributed by atoms with van der Waals surface area (Å²) >= 11 is 9.36. The summed E-state index contributed by atoms with van der Waals surface area (Å²) in [5.74, 6) is -0.677. The van der Waals surface area contributed by atoms with Crippen LogP contribution in [-0.2, 0) is 12.4 Å². The fourth-order valence-corrected chi connectivity index (χ4v) is 2.89. The molecule has 1 aromatic heterocycles. The quantitative estimate of drug-likeness (QED) is 0.601. The zero-order chi connectivity index (χ0) is 15.0. The van der Waals surface area contributed by atoms with Crippen LogP contribution in [0.25, 0.3) is 11.0 Å². The molecule has 0 aliphatic heterocycles. The maximum Gasteiger partial charge on any atom is 0.153 e. The van der Waals surface area contributed by atoms with Crippen molar-refractivity contribution in [1.82, 2.24) is 9.55 Å². The Kier molecular flexibility index (Phi) is 3.95. The van der Waals surface area contributed by atoms with Crippen molar-refractivity contribution in [2.24, 2.45) is 0 Å². The Balaban J connectivity index is 2.19. The lowest BCUT2D eigenvalue weighted by molar-refractivity contribution is 0.590. The van der Waals surface area contributed by atoms with Gasteiger partial charge in [-0.3, -0.25) is 0 Å². The summed E-state index contributed by atoms with van der Waals surface area (Å²) in [6.07, 6.45) is 0. The molecule has 21 heavy (non-hydrogen) atoms. The molecule has 2 nitrogen and oxygen atoms in total. The Bertz CT molecular complexity index is 817. The van der Waals surface area contributed by atoms with Crippen molar-refractivity contribution in [3.63, 3.8) is 0 Å². The average Bonchev–Trinajstić information content (AvgIpc) is 2.80. The Morgan fingerprint density at radius 1 is 1.19 bits per heavy atom. The SMILES string of the molecule is Fc1cc(F)c2nc(CCl)n(Cc3ccccc3Br)c2c1. The van der Waals surface area contributed by atoms with Crippen LogP contribution in [0.5, 0.6) is 0 Å². The van der Waals surface area contributed by atoms with Gasteiger partial charge in [0.25, 0.3) is 0 Å². The molecule has 0 unspecified atom stereocenters. The van der Waals surface area contributed by atoms with Crippen LogP contribution in [0.15, 0.2) is 40.9 Å². The van der Waals surface area contributed by atoms with Crippen LogP contribution in [0.2, 0.25) is 0 Å². The average molecular weight is 372 g/mol. The van der Waals surface area contributed by atoms with E-state index in [2.05, 4.69) is 20.9 Å². The van der Waals surface area contributed by atoms with Crippen molar-refractivity contribution in [2.75, 3.05) is 0 Å². The number of hydrogen-bond acceptors (Lipinski definition) is 1. The van der Waals surface area contributed by atoms with E-state index < -0.39 is 11.6 Å². The minimum absolute atomic E-state index is 0.125. The maximum absolute atomic E-state index is 13.8. The standard InChI is InChI=1S/C15H10BrClF2N2/c16-11-4-2-1-3-9(11)8-21-13-6-10(18)5-12(19)15(13)20-14(21)7-17/h1-6H,7-8H2. The zero-order valence-corrected chi connectivity index (χ0v) is 13.1. The van der Waals surface area contributed by atoms with Crippen LogP contribution >= 0.6 is 27.5 Å². The summed E-state index contributed by atoms with van der Waals surface area (Å²) in [6, 6.07) is 9.76. The molecule has 0 fully saturated rings. The molecule has 0 spiro atoms. The van der Waals surface area contributed by atoms with E-state index in [0.29, 0.717) is 17.9 Å². The maximum atomic E-state index is 13.8. The molecule has 0 bridgehead atoms. The van der Waals surface area contributed by atoms with Gasteiger partial charge in [0.15, 0.2) is 5.82 Å². The van der Waals surface area contributed by atoms with Crippen molar-refractivity contribution < 1.29 is 8.78 Å². The summed E-state index contributed by atoms with van der Waals surface area (Å²) in [5, 5.41) is 0. The van der Waals surface area contributed by atoms with E-state index in [0.717, 1.165) is 16.1 Å². The van der Waals surface area contributed by atoms with Gasteiger partial charge in [0.2, 0.25) is 0 Å². The Morgan fingerprint density at radius 3 is 2.67 bits per heavy atom. The van der Waals surface area contributed by atoms with Crippen LogP contribution in [0.1, 0.15) is 11.4 Å². The molecule has 1 heterocycles. The van der Waals surface area contributed by atoms with Gasteiger partial charge in [0, 0.05) is 10.5 Å². The van der Waals surface area contributed by atoms with E-state index >= 15 is 0 Å². The molecule has 6 heteroatoms. The molecule has 0 saturated heterocycles. The van der Waals surface area contributed by atoms with Gasteiger partial charge in [-0.2, -0.15) is 0 Å². The Morgan fingerprint density at radius 2 is 1.95 bits per heavy atom. The molecule has 0 radical (unpaired) electrons. The molecule has 0 amide bonds. The second kappa shape index (κ2) is 5.73. The van der Waals surface area contributed by atoms with Gasteiger partial charge in [-0.25, -0.2) is 13.8 Å². The number of hydrogen-bond donors (Lipinski definition) is 0. The van der Waals surface area contributed by atoms with E-state index in [4.69, 9.17) is 11.6 Å². The lowest BCUT2D eigenvalue weighted by Gasteiger charge is -2.09. The first-order valence-electron chi connectivity index (χ1n) is 6.23. The van der Waals surface area contributed by atoms with E-state index in [1.54, 1.807) is 4.57 Å². The minimum atomic E-state index is -0.678. The number of nitrogens with zero attached hydrogens (tertiary/aromatic N) is 2. The van der Waals surface area contributed by atoms with Crippen molar-refractivity contribution in [2.45, 2.75) is 12.4 Å². The van der Waals surface area contributed by atoms with Crippen LogP contribution in [0.4, 0.5) is 8.78 Å². The van der Waals surface area contributed by atoms with Crippen LogP contribution in [-0.4, -0.2) is 9.55 Å². The fraction of sp³-hybridized carbons (Fsp3) is 0.133. The van der Waals surface area contributed by atoms with E-state index in [-0.39, 0.29) is 11.4 Å². The normalized spacial score (nSPS) is 11.2. The van der Waals surface area contributed by atoms with Crippen molar-refractivity contribution in [3.05, 3.63) is 63.9 Å². The van der Waals surface area contributed by atoms with E-state index in [1.165, 1.54) is 6.07 Å². The molecule has 0 aliphatic carbocycles. The highest BCUT2D eigenvalue weighted by Crippen LogP contribution is 2.25. The van der Waals surface area contributed by atoms with Crippen LogP contribution in [0, 0.1) is 11.6 Å². The fourth-order valence-electron chi connectivity index (χ4n) is 2.27. The van der Waals surface area contributed by atoms with Gasteiger partial charge in [-0.05, 0) is 17.7 Å². The monoisotopic (exact) mass is 370 g/mol. The molecule has 0 aliphatic rings. The van der Waals surface area contributed by atoms with E-state index in [9.17, 15) is 8.78 Å². The number of halogens is 4. The number of rotatable bonds is 3. The summed E-state index contributed by atoms with van der Waals surface area (Å²) in [6.45, 7) is 0.433. The van der Waals surface area contributed by atoms with Crippen LogP contribution in [0.3, 0.4) is 0 Å². The third-order valence-corrected chi connectivity index (χ3v) is 4.27. The first-order valence-corrected chi connectivity index (χ1v) is 7.56. The zero-order valence-electron chi connectivity index (χ0n) is 10.8. The van der Waals surface area contributed by atoms with Crippen molar-refractivity contribution >= 4 is 38.6 Å². The molecule has 0 atom stereocenters.